The van der Waals surface area contributed by atoms with Gasteiger partial charge in [-0.3, -0.25) is 20.4 Å². The highest BCUT2D eigenvalue weighted by molar-refractivity contribution is 6.35. The van der Waals surface area contributed by atoms with E-state index in [0.29, 0.717) is 100 Å². The molecule has 12 N–H and O–H groups in total. The first-order valence-electron chi connectivity index (χ1n) is 35.7. The summed E-state index contributed by atoms with van der Waals surface area (Å²) in [5, 5.41) is 57.9. The van der Waals surface area contributed by atoms with Crippen molar-refractivity contribution in [2.75, 3.05) is 69.0 Å². The van der Waals surface area contributed by atoms with Crippen LogP contribution in [0.5, 0.6) is 0 Å². The number of ether oxygens (including phenoxy) is 2. The van der Waals surface area contributed by atoms with Crippen LogP contribution in [0, 0.1) is 17.6 Å². The average Bonchev–Trinajstić information content (AvgIpc) is 1.77. The number of hydrogen-bond donors (Lipinski definition) is 12. The summed E-state index contributed by atoms with van der Waals surface area (Å²) in [6, 6.07) is 41.9. The van der Waals surface area contributed by atoms with E-state index in [1.54, 1.807) is 18.2 Å². The first-order valence-corrected chi connectivity index (χ1v) is 36.9. The molecule has 8 aromatic heterocycles. The lowest BCUT2D eigenvalue weighted by Crippen LogP contribution is -2.53. The number of aromatic nitrogens is 16. The Kier molecular flexibility index (Phi) is 22.0. The molecule has 18 rings (SSSR count). The van der Waals surface area contributed by atoms with Gasteiger partial charge in [-0.15, -0.1) is 0 Å². The Morgan fingerprint density at radius 2 is 0.794 bits per heavy atom. The summed E-state index contributed by atoms with van der Waals surface area (Å²) < 4.78 is 37.6. The topological polar surface area (TPSA) is 333 Å². The maximum absolute atomic E-state index is 13.4. The molecule has 107 heavy (non-hydrogen) atoms. The van der Waals surface area contributed by atoms with Gasteiger partial charge in [0.2, 0.25) is 0 Å². The number of hydrogen-bond acceptors (Lipinski definition) is 22. The number of nitrogens with zero attached hydrogens (tertiary/aromatic N) is 12. The Labute approximate surface area is 630 Å². The zero-order valence-electron chi connectivity index (χ0n) is 58.5. The van der Waals surface area contributed by atoms with Crippen LogP contribution in [0.3, 0.4) is 0 Å². The molecular weight excluding hydrogens is 1430 g/mol. The summed E-state index contributed by atoms with van der Waals surface area (Å²) >= 11 is 18.2. The van der Waals surface area contributed by atoms with Gasteiger partial charge < -0.3 is 52.0 Å². The highest BCUT2D eigenvalue weighted by Crippen LogP contribution is 2.43. The molecule has 0 amide bonds. The van der Waals surface area contributed by atoms with Gasteiger partial charge in [0, 0.05) is 129 Å². The van der Waals surface area contributed by atoms with E-state index in [-0.39, 0.29) is 29.8 Å². The monoisotopic (exact) mass is 1500 g/mol. The molecule has 4 atom stereocenters. The molecule has 4 unspecified atom stereocenters. The third-order valence-corrected chi connectivity index (χ3v) is 19.9. The van der Waals surface area contributed by atoms with Gasteiger partial charge >= 0.3 is 0 Å². The van der Waals surface area contributed by atoms with E-state index in [0.717, 1.165) is 80.8 Å². The number of rotatable bonds is 25. The Morgan fingerprint density at radius 1 is 0.402 bits per heavy atom. The zero-order valence-corrected chi connectivity index (χ0v) is 60.7. The number of benzene rings is 4. The molecule has 12 aromatic rings. The van der Waals surface area contributed by atoms with Crippen LogP contribution in [0.15, 0.2) is 165 Å². The second-order valence-electron chi connectivity index (χ2n) is 27.5. The molecule has 0 radical (unpaired) electrons. The van der Waals surface area contributed by atoms with E-state index < -0.39 is 5.54 Å². The highest BCUT2D eigenvalue weighted by Gasteiger charge is 2.41. The highest BCUT2D eigenvalue weighted by atomic mass is 35.5. The van der Waals surface area contributed by atoms with E-state index in [1.807, 2.05) is 104 Å². The first kappa shape index (κ1) is 71.7. The fourth-order valence-corrected chi connectivity index (χ4v) is 13.2. The minimum Gasteiger partial charge on any atom is -0.381 e. The SMILES string of the molecule is CC(Nc1cc(Nc2cc(C3CC3)[nH]n2)ncn1)c1ccc(Cl)cc1.CC(Nc1cc(Nc2cc(C3CC3)[nH]n2)ncn1)c1ccc(Cl)cc1Cl.Fc1ccc(C(Nc2cc(Nc3cc(C4CC4)[nH]n3)ncn2)C2CCOC2)cc1.Fc1ccc(C2(Nc3cc(Nc4cc(C5CC5)[nH]n4)ncn3)COC2)cc1. The fourth-order valence-electron chi connectivity index (χ4n) is 12.5. The average molecular weight is 1500 g/mol. The van der Waals surface area contributed by atoms with Crippen LogP contribution < -0.4 is 42.5 Å². The van der Waals surface area contributed by atoms with Crippen LogP contribution in [-0.4, -0.2) is 107 Å². The van der Waals surface area contributed by atoms with Crippen LogP contribution >= 0.6 is 34.8 Å². The minimum atomic E-state index is -0.412. The smallest absolute Gasteiger partial charge is 0.153 e. The maximum Gasteiger partial charge on any atom is 0.153 e. The molecule has 2 saturated heterocycles. The van der Waals surface area contributed by atoms with Crippen LogP contribution in [0.4, 0.5) is 78.6 Å². The molecule has 550 valence electrons. The summed E-state index contributed by atoms with van der Waals surface area (Å²) in [6.07, 6.45) is 16.8. The molecule has 4 aliphatic carbocycles. The molecule has 0 bridgehead atoms. The number of halogens is 5. The molecular formula is C76H79Cl3F2N24O2. The standard InChI is InChI=1S/C21H23FN6O.C19H19FN6O.C18H18Cl2N6.C18H19ClN6/c22-16-5-3-14(4-6-16)21(15-7-8-29-11-15)26-19-10-18(23-12-24-19)25-20-9-17(27-28-20)13-1-2-13;20-14-5-3-13(4-6-14)19(9-27-10-19)24-17-8-16(21-11-22-17)23-18-7-15(25-26-18)12-1-2-12;1-10(13-5-4-12(19)6-14(13)20)23-16-8-17(22-9-21-16)24-18-7-15(25-26-18)11-2-3-11;1-11(12-4-6-14(19)7-5-12)22-16-9-17(21-10-20-16)23-18-8-15(24-25-18)13-2-3-13/h3-6,9-10,12-13,15,21H,1-2,7-8,11H2,(H3,23,24,25,26,27,28);3-8,11-12H,1-2,9-10H2,(H3,21,22,23,24,25,26);4-11H,2-3H2,1H3,(H3,21,22,23,24,25,26);4-11,13H,2-3H2,1H3,(H3,20,21,22,23,24,25). The van der Waals surface area contributed by atoms with Gasteiger partial charge in [-0.25, -0.2) is 48.7 Å². The lowest BCUT2D eigenvalue weighted by molar-refractivity contribution is -0.0449. The van der Waals surface area contributed by atoms with E-state index in [9.17, 15) is 8.78 Å². The Bertz CT molecular complexity index is 4920. The molecule has 2 aliphatic heterocycles. The van der Waals surface area contributed by atoms with Crippen LogP contribution in [0.1, 0.15) is 158 Å². The maximum atomic E-state index is 13.4. The van der Waals surface area contributed by atoms with Gasteiger partial charge in [0.25, 0.3) is 0 Å². The Hall–Kier alpha value is -10.9. The van der Waals surface area contributed by atoms with E-state index in [4.69, 9.17) is 44.3 Å². The second-order valence-corrected chi connectivity index (χ2v) is 28.8. The summed E-state index contributed by atoms with van der Waals surface area (Å²) in [4.78, 5) is 34.3. The normalized spacial score (nSPS) is 17.0. The second kappa shape index (κ2) is 32.8. The number of anilines is 12. The quantitative estimate of drug-likeness (QED) is 0.0253. The number of H-pyrrole nitrogens is 4. The number of aromatic amines is 4. The summed E-state index contributed by atoms with van der Waals surface area (Å²) in [5.74, 6) is 10.8. The largest absolute Gasteiger partial charge is 0.381 e. The van der Waals surface area contributed by atoms with Crippen molar-refractivity contribution in [3.05, 3.63) is 237 Å². The summed E-state index contributed by atoms with van der Waals surface area (Å²) in [6.45, 7) is 6.49. The zero-order chi connectivity index (χ0) is 73.2. The van der Waals surface area contributed by atoms with Crippen molar-refractivity contribution in [2.45, 2.75) is 119 Å². The Balaban J connectivity index is 0.000000114. The molecule has 10 heterocycles. The van der Waals surface area contributed by atoms with Crippen molar-refractivity contribution in [1.29, 1.82) is 0 Å². The van der Waals surface area contributed by atoms with Crippen molar-refractivity contribution in [3.63, 3.8) is 0 Å². The predicted octanol–water partition coefficient (Wildman–Crippen LogP) is 17.4. The molecule has 6 aliphatic rings. The predicted molar refractivity (Wildman–Crippen MR) is 410 cm³/mol. The van der Waals surface area contributed by atoms with Gasteiger partial charge in [0.15, 0.2) is 23.3 Å². The molecule has 4 aromatic carbocycles. The van der Waals surface area contributed by atoms with Gasteiger partial charge in [0.05, 0.1) is 31.9 Å². The molecule has 0 spiro atoms. The van der Waals surface area contributed by atoms with Crippen LogP contribution in [-0.2, 0) is 15.0 Å². The molecule has 4 saturated carbocycles. The summed E-state index contributed by atoms with van der Waals surface area (Å²) in [5.41, 5.74) is 8.33. The Morgan fingerprint density at radius 3 is 1.21 bits per heavy atom. The van der Waals surface area contributed by atoms with Gasteiger partial charge in [-0.1, -0.05) is 77.3 Å². The third-order valence-electron chi connectivity index (χ3n) is 19.1. The van der Waals surface area contributed by atoms with Crippen LogP contribution in [0.2, 0.25) is 15.1 Å². The molecule has 6 fully saturated rings. The fraction of sp³-hybridized carbons (Fsp3) is 0.316. The minimum absolute atomic E-state index is 0.0206. The van der Waals surface area contributed by atoms with Gasteiger partial charge in [0.1, 0.15) is 89.0 Å². The van der Waals surface area contributed by atoms with Gasteiger partial charge in [-0.2, -0.15) is 20.4 Å². The molecule has 26 nitrogen and oxygen atoms in total. The van der Waals surface area contributed by atoms with Crippen molar-refractivity contribution < 1.29 is 18.3 Å². The van der Waals surface area contributed by atoms with Crippen LogP contribution in [0.25, 0.3) is 0 Å². The van der Waals surface area contributed by atoms with Crippen molar-refractivity contribution >= 4 is 105 Å². The van der Waals surface area contributed by atoms with Crippen molar-refractivity contribution in [2.24, 2.45) is 5.92 Å². The third kappa shape index (κ3) is 19.4. The van der Waals surface area contributed by atoms with Crippen molar-refractivity contribution in [1.82, 2.24) is 80.7 Å². The lowest BCUT2D eigenvalue weighted by atomic mass is 9.88. The molecule has 31 heteroatoms. The van der Waals surface area contributed by atoms with E-state index in [1.165, 1.54) is 112 Å². The lowest BCUT2D eigenvalue weighted by Gasteiger charge is -2.42. The van der Waals surface area contributed by atoms with Crippen molar-refractivity contribution in [3.8, 4) is 0 Å². The van der Waals surface area contributed by atoms with Gasteiger partial charge in [-0.05, 0) is 142 Å². The first-order chi connectivity index (χ1) is 52.2. The van der Waals surface area contributed by atoms with E-state index >= 15 is 0 Å². The number of nitrogens with one attached hydrogen (secondary N) is 12. The van der Waals surface area contributed by atoms with E-state index in [2.05, 4.69) is 130 Å². The summed E-state index contributed by atoms with van der Waals surface area (Å²) in [7, 11) is 0.